The molecular weight excluding hydrogens is 927 g/mol. The topological polar surface area (TPSA) is 3.24 Å². The quantitative estimate of drug-likeness (QED) is 0.160. The zero-order chi connectivity index (χ0) is 52.6. The Bertz CT molecular complexity index is 4150. The number of rotatable bonds is 6. The molecule has 3 aliphatic carbocycles. The average Bonchev–Trinajstić information content (AvgIpc) is 4.03. The third kappa shape index (κ3) is 6.92. The van der Waals surface area contributed by atoms with Crippen molar-refractivity contribution < 1.29 is 0 Å². The molecule has 14 rings (SSSR count). The molecule has 11 aromatic rings. The number of hydrogen-bond acceptors (Lipinski definition) is 1. The third-order valence-corrected chi connectivity index (χ3v) is 17.6. The molecule has 0 aliphatic heterocycles. The fraction of sp³-hybridized carbons (Fsp3) is 0.158. The minimum atomic E-state index is -0.483. The Kier molecular flexibility index (Phi) is 10.4. The van der Waals surface area contributed by atoms with Crippen LogP contribution in [0, 0.1) is 0 Å². The van der Waals surface area contributed by atoms with Crippen LogP contribution >= 0.6 is 0 Å². The smallest absolute Gasteiger partial charge is 0.0725 e. The van der Waals surface area contributed by atoms with E-state index in [2.05, 4.69) is 297 Å². The predicted molar refractivity (Wildman–Crippen MR) is 326 cm³/mol. The highest BCUT2D eigenvalue weighted by Gasteiger charge is 2.52. The number of fused-ring (bicyclic) bond motifs is 14. The lowest BCUT2D eigenvalue weighted by atomic mass is 9.68. The van der Waals surface area contributed by atoms with Gasteiger partial charge in [-0.25, -0.2) is 0 Å². The van der Waals surface area contributed by atoms with Crippen LogP contribution in [-0.2, 0) is 21.7 Å². The van der Waals surface area contributed by atoms with Crippen molar-refractivity contribution in [3.63, 3.8) is 0 Å². The van der Waals surface area contributed by atoms with Crippen LogP contribution in [0.5, 0.6) is 0 Å². The minimum absolute atomic E-state index is 0.0194. The first-order chi connectivity index (χ1) is 37.2. The van der Waals surface area contributed by atoms with Crippen molar-refractivity contribution in [2.24, 2.45) is 0 Å². The van der Waals surface area contributed by atoms with E-state index in [1.54, 1.807) is 0 Å². The highest BCUT2D eigenvalue weighted by molar-refractivity contribution is 6.06. The van der Waals surface area contributed by atoms with Gasteiger partial charge in [-0.3, -0.25) is 0 Å². The largest absolute Gasteiger partial charge is 0.309 e. The van der Waals surface area contributed by atoms with Crippen LogP contribution in [0.2, 0.25) is 0 Å². The van der Waals surface area contributed by atoms with Gasteiger partial charge in [0.15, 0.2) is 0 Å². The van der Waals surface area contributed by atoms with Gasteiger partial charge in [0.1, 0.15) is 0 Å². The lowest BCUT2D eigenvalue weighted by Gasteiger charge is -2.33. The van der Waals surface area contributed by atoms with E-state index in [-0.39, 0.29) is 16.2 Å². The van der Waals surface area contributed by atoms with Crippen molar-refractivity contribution in [3.05, 3.63) is 281 Å². The van der Waals surface area contributed by atoms with Gasteiger partial charge in [0, 0.05) is 22.1 Å². The molecule has 0 saturated carbocycles. The van der Waals surface area contributed by atoms with E-state index in [0.717, 1.165) is 17.1 Å². The summed E-state index contributed by atoms with van der Waals surface area (Å²) >= 11 is 0. The van der Waals surface area contributed by atoms with Crippen molar-refractivity contribution in [1.82, 2.24) is 0 Å². The molecule has 11 aromatic carbocycles. The molecule has 0 N–H and O–H groups in total. The zero-order valence-electron chi connectivity index (χ0n) is 45.5. The summed E-state index contributed by atoms with van der Waals surface area (Å²) in [6.07, 6.45) is 0. The second-order valence-electron chi connectivity index (χ2n) is 24.4. The van der Waals surface area contributed by atoms with Crippen molar-refractivity contribution in [1.29, 1.82) is 0 Å². The molecule has 0 aromatic heterocycles. The number of nitrogens with zero attached hydrogens (tertiary/aromatic N) is 1. The van der Waals surface area contributed by atoms with Gasteiger partial charge in [-0.2, -0.15) is 0 Å². The SMILES string of the molecule is CC(C)(C)c1ccc2c(c1)C1(c3ccccc3-c3cc(-c4ccccc4N(c4ccccc4-c4cccc5c4-c4ccccc4C5(C)C)c4ccccc4-c4cccc5ccccc45)ccc31)c1cc(C(C)(C)C)ccc1-2. The molecule has 372 valence electrons. The first-order valence-corrected chi connectivity index (χ1v) is 27.6. The van der Waals surface area contributed by atoms with Gasteiger partial charge in [-0.05, 0) is 140 Å². The van der Waals surface area contributed by atoms with E-state index < -0.39 is 5.41 Å². The molecule has 0 atom stereocenters. The monoisotopic (exact) mass is 989 g/mol. The Morgan fingerprint density at radius 1 is 0.299 bits per heavy atom. The van der Waals surface area contributed by atoms with Crippen molar-refractivity contribution in [2.45, 2.75) is 77.0 Å². The first kappa shape index (κ1) is 47.0. The Morgan fingerprint density at radius 2 is 0.740 bits per heavy atom. The lowest BCUT2D eigenvalue weighted by Crippen LogP contribution is -2.27. The van der Waals surface area contributed by atoms with Gasteiger partial charge in [-0.15, -0.1) is 0 Å². The molecule has 3 aliphatic rings. The molecule has 0 unspecified atom stereocenters. The molecule has 1 heteroatoms. The molecule has 0 amide bonds. The lowest BCUT2D eigenvalue weighted by molar-refractivity contribution is 0.586. The summed E-state index contributed by atoms with van der Waals surface area (Å²) in [6.45, 7) is 18.8. The summed E-state index contributed by atoms with van der Waals surface area (Å²) in [4.78, 5) is 2.57. The highest BCUT2D eigenvalue weighted by atomic mass is 15.1. The number of benzene rings is 11. The van der Waals surface area contributed by atoms with E-state index in [1.807, 2.05) is 0 Å². The van der Waals surface area contributed by atoms with Crippen LogP contribution in [0.3, 0.4) is 0 Å². The Hall–Kier alpha value is -8.52. The summed E-state index contributed by atoms with van der Waals surface area (Å²) in [5, 5.41) is 2.45. The molecule has 0 bridgehead atoms. The van der Waals surface area contributed by atoms with Crippen LogP contribution in [-0.4, -0.2) is 0 Å². The standard InChI is InChI=1S/C76H63N/c1-73(2,3)50-40-42-56-57-43-41-51(74(4,5)6)47-68(57)76(67(56)46-50)64-34-17-11-27-55(64)62-45-49(39-44-65(62)76)53-26-13-18-36-69(53)77(70-37-19-14-28-58(70)54-31-21-24-48-23-9-10-25-52(48)54)71-38-20-15-29-59(71)60-32-22-35-66-72(60)61-30-12-16-33-63(61)75(66,7)8/h9-47H,1-8H3. The normalized spacial score (nSPS) is 14.2. The number of para-hydroxylation sites is 3. The summed E-state index contributed by atoms with van der Waals surface area (Å²) < 4.78 is 0. The second kappa shape index (κ2) is 17.0. The summed E-state index contributed by atoms with van der Waals surface area (Å²) in [7, 11) is 0. The van der Waals surface area contributed by atoms with Crippen LogP contribution in [0.15, 0.2) is 237 Å². The van der Waals surface area contributed by atoms with Crippen LogP contribution in [0.1, 0.15) is 99.9 Å². The van der Waals surface area contributed by atoms with Gasteiger partial charge < -0.3 is 4.90 Å². The Morgan fingerprint density at radius 3 is 1.39 bits per heavy atom. The Labute approximate surface area is 455 Å². The van der Waals surface area contributed by atoms with Crippen LogP contribution in [0.4, 0.5) is 17.1 Å². The first-order valence-electron chi connectivity index (χ1n) is 27.6. The van der Waals surface area contributed by atoms with Crippen molar-refractivity contribution in [3.8, 4) is 66.8 Å². The van der Waals surface area contributed by atoms with Crippen molar-refractivity contribution >= 4 is 27.8 Å². The maximum absolute atomic E-state index is 2.57. The third-order valence-electron chi connectivity index (χ3n) is 17.6. The molecule has 0 heterocycles. The predicted octanol–water partition coefficient (Wildman–Crippen LogP) is 20.6. The van der Waals surface area contributed by atoms with E-state index >= 15 is 0 Å². The molecule has 0 saturated heterocycles. The number of hydrogen-bond donors (Lipinski definition) is 0. The fourth-order valence-corrected chi connectivity index (χ4v) is 13.8. The van der Waals surface area contributed by atoms with Crippen molar-refractivity contribution in [2.75, 3.05) is 4.90 Å². The second-order valence-corrected chi connectivity index (χ2v) is 24.4. The molecule has 1 spiro atoms. The maximum Gasteiger partial charge on any atom is 0.0725 e. The van der Waals surface area contributed by atoms with E-state index in [1.165, 1.54) is 122 Å². The molecule has 0 radical (unpaired) electrons. The van der Waals surface area contributed by atoms with Gasteiger partial charge in [0.2, 0.25) is 0 Å². The molecule has 0 fully saturated rings. The maximum atomic E-state index is 2.57. The molecule has 77 heavy (non-hydrogen) atoms. The van der Waals surface area contributed by atoms with Gasteiger partial charge >= 0.3 is 0 Å². The zero-order valence-corrected chi connectivity index (χ0v) is 45.5. The molecule has 1 nitrogen and oxygen atoms in total. The van der Waals surface area contributed by atoms with E-state index in [4.69, 9.17) is 0 Å². The van der Waals surface area contributed by atoms with E-state index in [9.17, 15) is 0 Å². The fourth-order valence-electron chi connectivity index (χ4n) is 13.8. The van der Waals surface area contributed by atoms with Crippen LogP contribution in [0.25, 0.3) is 77.5 Å². The van der Waals surface area contributed by atoms with Crippen LogP contribution < -0.4 is 4.90 Å². The summed E-state index contributed by atoms with van der Waals surface area (Å²) in [5.41, 5.74) is 28.7. The summed E-state index contributed by atoms with van der Waals surface area (Å²) in [5.74, 6) is 0. The minimum Gasteiger partial charge on any atom is -0.309 e. The summed E-state index contributed by atoms with van der Waals surface area (Å²) in [6, 6.07) is 90.2. The van der Waals surface area contributed by atoms with E-state index in [0.29, 0.717) is 0 Å². The average molecular weight is 990 g/mol. The van der Waals surface area contributed by atoms with Gasteiger partial charge in [0.05, 0.1) is 22.5 Å². The Balaban J connectivity index is 1.03. The molecular formula is C76H63N. The van der Waals surface area contributed by atoms with Gasteiger partial charge in [-0.1, -0.05) is 268 Å². The number of anilines is 3. The van der Waals surface area contributed by atoms with Gasteiger partial charge in [0.25, 0.3) is 0 Å². The highest BCUT2D eigenvalue weighted by Crippen LogP contribution is 2.64.